The minimum atomic E-state index is -2.00. The monoisotopic (exact) mass is 378 g/mol. The van der Waals surface area contributed by atoms with Crippen LogP contribution in [0, 0.1) is 5.82 Å². The first-order chi connectivity index (χ1) is 12.1. The SMILES string of the molecule is COC(O)c1ccc(-c2ncncc2F)c(CO[Si](C)(C)C(C)(C)C)c1. The Labute approximate surface area is 155 Å². The fourth-order valence-electron chi connectivity index (χ4n) is 2.24. The van der Waals surface area contributed by atoms with Gasteiger partial charge in [-0.25, -0.2) is 14.4 Å². The third-order valence-corrected chi connectivity index (χ3v) is 9.43. The van der Waals surface area contributed by atoms with Crippen LogP contribution >= 0.6 is 0 Å². The minimum Gasteiger partial charge on any atom is -0.413 e. The summed E-state index contributed by atoms with van der Waals surface area (Å²) in [4.78, 5) is 7.78. The number of halogens is 1. The van der Waals surface area contributed by atoms with Crippen LogP contribution in [0.25, 0.3) is 11.3 Å². The van der Waals surface area contributed by atoms with Gasteiger partial charge in [-0.15, -0.1) is 0 Å². The number of hydrogen-bond donors (Lipinski definition) is 1. The Kier molecular flexibility index (Phi) is 6.28. The molecule has 0 bridgehead atoms. The van der Waals surface area contributed by atoms with Crippen molar-refractivity contribution in [1.29, 1.82) is 0 Å². The molecule has 0 saturated heterocycles. The highest BCUT2D eigenvalue weighted by Gasteiger charge is 2.37. The van der Waals surface area contributed by atoms with Crippen LogP contribution in [0.3, 0.4) is 0 Å². The number of methoxy groups -OCH3 is 1. The van der Waals surface area contributed by atoms with Crippen LogP contribution in [0.5, 0.6) is 0 Å². The van der Waals surface area contributed by atoms with Gasteiger partial charge in [0.25, 0.3) is 0 Å². The Morgan fingerprint density at radius 2 is 1.96 bits per heavy atom. The molecule has 5 nitrogen and oxygen atoms in total. The van der Waals surface area contributed by atoms with Crippen LogP contribution in [-0.4, -0.2) is 30.5 Å². The van der Waals surface area contributed by atoms with E-state index in [4.69, 9.17) is 9.16 Å². The molecule has 0 radical (unpaired) electrons. The highest BCUT2D eigenvalue weighted by atomic mass is 28.4. The number of aliphatic hydroxyl groups is 1. The summed E-state index contributed by atoms with van der Waals surface area (Å²) < 4.78 is 25.5. The lowest BCUT2D eigenvalue weighted by Gasteiger charge is -2.36. The predicted octanol–water partition coefficient (Wildman–Crippen LogP) is 4.44. The lowest BCUT2D eigenvalue weighted by molar-refractivity contribution is -0.0769. The van der Waals surface area contributed by atoms with Gasteiger partial charge in [-0.05, 0) is 29.8 Å². The molecule has 1 unspecified atom stereocenters. The van der Waals surface area contributed by atoms with Crippen molar-refractivity contribution in [3.05, 3.63) is 47.7 Å². The van der Waals surface area contributed by atoms with Gasteiger partial charge in [-0.1, -0.05) is 32.9 Å². The van der Waals surface area contributed by atoms with Gasteiger partial charge in [0.05, 0.1) is 12.8 Å². The Morgan fingerprint density at radius 1 is 1.27 bits per heavy atom. The van der Waals surface area contributed by atoms with E-state index in [9.17, 15) is 9.50 Å². The molecule has 0 amide bonds. The first-order valence-corrected chi connectivity index (χ1v) is 11.4. The quantitative estimate of drug-likeness (QED) is 0.595. The van der Waals surface area contributed by atoms with Gasteiger partial charge in [-0.2, -0.15) is 0 Å². The largest absolute Gasteiger partial charge is 0.413 e. The molecule has 1 atom stereocenters. The lowest BCUT2D eigenvalue weighted by Crippen LogP contribution is -2.40. The number of benzene rings is 1. The molecule has 1 aromatic carbocycles. The molecule has 142 valence electrons. The number of rotatable bonds is 6. The second kappa shape index (κ2) is 7.92. The number of nitrogens with zero attached hydrogens (tertiary/aromatic N) is 2. The van der Waals surface area contributed by atoms with Crippen LogP contribution in [0.1, 0.15) is 38.2 Å². The number of aromatic nitrogens is 2. The zero-order valence-electron chi connectivity index (χ0n) is 16.2. The molecule has 0 spiro atoms. The van der Waals surface area contributed by atoms with Crippen molar-refractivity contribution in [1.82, 2.24) is 9.97 Å². The average Bonchev–Trinajstić information content (AvgIpc) is 2.58. The molecule has 0 fully saturated rings. The van der Waals surface area contributed by atoms with Crippen molar-refractivity contribution in [2.75, 3.05) is 7.11 Å². The van der Waals surface area contributed by atoms with E-state index in [0.717, 1.165) is 11.8 Å². The van der Waals surface area contributed by atoms with Crippen LogP contribution in [-0.2, 0) is 15.8 Å². The van der Waals surface area contributed by atoms with Crippen molar-refractivity contribution in [3.8, 4) is 11.3 Å². The van der Waals surface area contributed by atoms with E-state index in [2.05, 4.69) is 43.8 Å². The fraction of sp³-hybridized carbons (Fsp3) is 0.474. The predicted molar refractivity (Wildman–Crippen MR) is 101 cm³/mol. The third-order valence-electron chi connectivity index (χ3n) is 4.96. The molecule has 0 aliphatic carbocycles. The van der Waals surface area contributed by atoms with Gasteiger partial charge >= 0.3 is 0 Å². The summed E-state index contributed by atoms with van der Waals surface area (Å²) in [7, 11) is -0.573. The van der Waals surface area contributed by atoms with Crippen LogP contribution in [0.15, 0.2) is 30.7 Å². The Morgan fingerprint density at radius 3 is 2.54 bits per heavy atom. The summed E-state index contributed by atoms with van der Waals surface area (Å²) in [5, 5.41) is 10.0. The highest BCUT2D eigenvalue weighted by molar-refractivity contribution is 6.74. The molecule has 0 aliphatic rings. The van der Waals surface area contributed by atoms with E-state index < -0.39 is 20.4 Å². The van der Waals surface area contributed by atoms with Crippen LogP contribution < -0.4 is 0 Å². The Balaban J connectivity index is 2.45. The summed E-state index contributed by atoms with van der Waals surface area (Å²) in [6.07, 6.45) is 1.40. The summed E-state index contributed by atoms with van der Waals surface area (Å²) in [6, 6.07) is 5.20. The molecule has 7 heteroatoms. The lowest BCUT2D eigenvalue weighted by atomic mass is 10.0. The van der Waals surface area contributed by atoms with Gasteiger partial charge < -0.3 is 14.3 Å². The molecule has 1 aromatic heterocycles. The molecular weight excluding hydrogens is 351 g/mol. The maximum Gasteiger partial charge on any atom is 0.192 e. The third kappa shape index (κ3) is 4.53. The molecular formula is C19H27FN2O3Si. The van der Waals surface area contributed by atoms with Crippen molar-refractivity contribution < 1.29 is 18.7 Å². The maximum atomic E-state index is 14.2. The molecule has 2 rings (SSSR count). The second-order valence-electron chi connectivity index (χ2n) is 7.77. The number of ether oxygens (including phenoxy) is 1. The minimum absolute atomic E-state index is 0.0526. The van der Waals surface area contributed by atoms with E-state index >= 15 is 0 Å². The highest BCUT2D eigenvalue weighted by Crippen LogP contribution is 2.38. The van der Waals surface area contributed by atoms with Crippen molar-refractivity contribution >= 4 is 8.32 Å². The van der Waals surface area contributed by atoms with Gasteiger partial charge in [0, 0.05) is 18.2 Å². The summed E-state index contributed by atoms with van der Waals surface area (Å²) in [5.74, 6) is -0.499. The van der Waals surface area contributed by atoms with Crippen molar-refractivity contribution in [2.24, 2.45) is 0 Å². The van der Waals surface area contributed by atoms with Crippen LogP contribution in [0.4, 0.5) is 4.39 Å². The molecule has 2 aromatic rings. The summed E-state index contributed by atoms with van der Waals surface area (Å²) in [5.41, 5.74) is 2.17. The van der Waals surface area contributed by atoms with Gasteiger partial charge in [0.1, 0.15) is 12.0 Å². The zero-order valence-corrected chi connectivity index (χ0v) is 17.2. The van der Waals surface area contributed by atoms with Crippen LogP contribution in [0.2, 0.25) is 18.1 Å². The standard InChI is InChI=1S/C19H27FN2O3Si/c1-19(2,3)26(5,6)25-11-14-9-13(18(23)24-4)7-8-15(14)17-16(20)10-21-12-22-17/h7-10,12,18,23H,11H2,1-6H3. The van der Waals surface area contributed by atoms with Gasteiger partial charge in [0.15, 0.2) is 20.4 Å². The van der Waals surface area contributed by atoms with Gasteiger partial charge in [-0.3, -0.25) is 0 Å². The van der Waals surface area contributed by atoms with Crippen molar-refractivity contribution in [2.45, 2.75) is 51.8 Å². The number of aliphatic hydroxyl groups excluding tert-OH is 1. The van der Waals surface area contributed by atoms with Crippen molar-refractivity contribution in [3.63, 3.8) is 0 Å². The van der Waals surface area contributed by atoms with E-state index in [-0.39, 0.29) is 10.7 Å². The second-order valence-corrected chi connectivity index (χ2v) is 12.6. The molecule has 1 heterocycles. The topological polar surface area (TPSA) is 64.5 Å². The maximum absolute atomic E-state index is 14.2. The first-order valence-electron chi connectivity index (χ1n) is 8.50. The normalized spacial score (nSPS) is 13.7. The zero-order chi connectivity index (χ0) is 19.5. The summed E-state index contributed by atoms with van der Waals surface area (Å²) in [6.45, 7) is 11.1. The van der Waals surface area contributed by atoms with E-state index in [1.165, 1.54) is 13.4 Å². The molecule has 26 heavy (non-hydrogen) atoms. The molecule has 0 saturated carbocycles. The van der Waals surface area contributed by atoms with E-state index in [1.807, 2.05) is 0 Å². The fourth-order valence-corrected chi connectivity index (χ4v) is 3.19. The molecule has 1 N–H and O–H groups in total. The van der Waals surface area contributed by atoms with Gasteiger partial charge in [0.2, 0.25) is 0 Å². The average molecular weight is 379 g/mol. The number of hydrogen-bond acceptors (Lipinski definition) is 5. The Hall–Kier alpha value is -1.67. The summed E-state index contributed by atoms with van der Waals surface area (Å²) >= 11 is 0. The van der Waals surface area contributed by atoms with E-state index in [0.29, 0.717) is 17.7 Å². The van der Waals surface area contributed by atoms with E-state index in [1.54, 1.807) is 18.2 Å². The Bertz CT molecular complexity index is 763. The first kappa shape index (κ1) is 20.6. The molecule has 0 aliphatic heterocycles. The smallest absolute Gasteiger partial charge is 0.192 e.